The molecule has 2 aliphatic rings. The highest BCUT2D eigenvalue weighted by Crippen LogP contribution is 2.45. The van der Waals surface area contributed by atoms with Crippen LogP contribution in [0.4, 0.5) is 0 Å². The van der Waals surface area contributed by atoms with Crippen molar-refractivity contribution in [3.05, 3.63) is 34.4 Å². The number of unbranched alkanes of at least 4 members (excludes halogenated alkanes) is 1. The van der Waals surface area contributed by atoms with Crippen molar-refractivity contribution >= 4 is 0 Å². The van der Waals surface area contributed by atoms with Crippen LogP contribution in [0.25, 0.3) is 0 Å². The van der Waals surface area contributed by atoms with E-state index in [9.17, 15) is 0 Å². The second-order valence-corrected chi connectivity index (χ2v) is 5.80. The van der Waals surface area contributed by atoms with Gasteiger partial charge in [0.05, 0.1) is 0 Å². The van der Waals surface area contributed by atoms with Gasteiger partial charge in [-0.1, -0.05) is 45.3 Å². The Balaban J connectivity index is 1.84. The summed E-state index contributed by atoms with van der Waals surface area (Å²) in [5.41, 5.74) is 6.25. The molecule has 0 nitrogen and oxygen atoms in total. The number of hydrogen-bond donors (Lipinski definition) is 0. The first-order valence-electron chi connectivity index (χ1n) is 6.70. The maximum atomic E-state index is 2.38. The molecule has 0 N–H and O–H groups in total. The van der Waals surface area contributed by atoms with Crippen molar-refractivity contribution in [3.8, 4) is 0 Å². The van der Waals surface area contributed by atoms with Crippen molar-refractivity contribution in [3.63, 3.8) is 0 Å². The van der Waals surface area contributed by atoms with E-state index >= 15 is 0 Å². The molecule has 0 heteroatoms. The molecule has 0 aromatic carbocycles. The quantitative estimate of drug-likeness (QED) is 0.565. The zero-order valence-electron chi connectivity index (χ0n) is 11.1. The number of hydrogen-bond acceptors (Lipinski definition) is 0. The van der Waals surface area contributed by atoms with E-state index in [0.717, 1.165) is 11.8 Å². The first-order valence-corrected chi connectivity index (χ1v) is 6.70. The van der Waals surface area contributed by atoms with Gasteiger partial charge in [-0.2, -0.15) is 0 Å². The first-order chi connectivity index (χ1) is 7.59. The van der Waals surface area contributed by atoms with Gasteiger partial charge in [-0.05, 0) is 48.5 Å². The summed E-state index contributed by atoms with van der Waals surface area (Å²) in [6, 6.07) is 0. The average Bonchev–Trinajstić information content (AvgIpc) is 2.64. The molecular formula is C16H24. The molecule has 0 heterocycles. The molecule has 0 fully saturated rings. The molecule has 1 atom stereocenters. The van der Waals surface area contributed by atoms with E-state index < -0.39 is 0 Å². The predicted octanol–water partition coefficient (Wildman–Crippen LogP) is 5.04. The van der Waals surface area contributed by atoms with Crippen LogP contribution in [-0.4, -0.2) is 0 Å². The molecule has 16 heavy (non-hydrogen) atoms. The van der Waals surface area contributed by atoms with E-state index in [1.54, 1.807) is 11.1 Å². The largest absolute Gasteiger partial charge is 0.0628 e. The third-order valence-corrected chi connectivity index (χ3v) is 3.89. The Morgan fingerprint density at radius 3 is 2.44 bits per heavy atom. The fraction of sp³-hybridized carbons (Fsp3) is 0.625. The summed E-state index contributed by atoms with van der Waals surface area (Å²) in [4.78, 5) is 0. The second kappa shape index (κ2) is 4.61. The third-order valence-electron chi connectivity index (χ3n) is 3.89. The fourth-order valence-electron chi connectivity index (χ4n) is 3.14. The van der Waals surface area contributed by atoms with E-state index in [1.807, 2.05) is 0 Å². The predicted molar refractivity (Wildman–Crippen MR) is 71.3 cm³/mol. The highest BCUT2D eigenvalue weighted by Gasteiger charge is 2.30. The number of fused-ring (bicyclic) bond motifs is 2. The second-order valence-electron chi connectivity index (χ2n) is 5.80. The highest BCUT2D eigenvalue weighted by atomic mass is 14.3. The molecule has 0 aromatic heterocycles. The third kappa shape index (κ3) is 2.16. The Kier molecular flexibility index (Phi) is 3.37. The lowest BCUT2D eigenvalue weighted by molar-refractivity contribution is 0.508. The summed E-state index contributed by atoms with van der Waals surface area (Å²) in [6.45, 7) is 9.17. The zero-order chi connectivity index (χ0) is 11.7. The Bertz CT molecular complexity index is 363. The summed E-state index contributed by atoms with van der Waals surface area (Å²) in [7, 11) is 0. The van der Waals surface area contributed by atoms with Gasteiger partial charge in [-0.3, -0.25) is 0 Å². The van der Waals surface area contributed by atoms with E-state index in [2.05, 4.69) is 39.8 Å². The molecule has 0 radical (unpaired) electrons. The van der Waals surface area contributed by atoms with Crippen LogP contribution in [0.5, 0.6) is 0 Å². The monoisotopic (exact) mass is 216 g/mol. The van der Waals surface area contributed by atoms with E-state index in [-0.39, 0.29) is 0 Å². The first kappa shape index (κ1) is 11.7. The van der Waals surface area contributed by atoms with Crippen molar-refractivity contribution in [2.75, 3.05) is 0 Å². The van der Waals surface area contributed by atoms with Gasteiger partial charge in [0.2, 0.25) is 0 Å². The fourth-order valence-corrected chi connectivity index (χ4v) is 3.14. The van der Waals surface area contributed by atoms with Gasteiger partial charge in [0.1, 0.15) is 0 Å². The standard InChI is InChI=1S/C16H24/c1-11(2)7-5-6-8-15-14-9-12(3)16(15)13(4)10-14/h9-11,15H,5-8H2,1-4H3. The molecule has 0 saturated carbocycles. The minimum atomic E-state index is 0.757. The van der Waals surface area contributed by atoms with Crippen LogP contribution >= 0.6 is 0 Å². The molecule has 1 unspecified atom stereocenters. The maximum absolute atomic E-state index is 2.38. The van der Waals surface area contributed by atoms with E-state index in [4.69, 9.17) is 0 Å². The molecule has 88 valence electrons. The normalized spacial score (nSPS) is 23.2. The lowest BCUT2D eigenvalue weighted by Gasteiger charge is -2.12. The summed E-state index contributed by atoms with van der Waals surface area (Å²) < 4.78 is 0. The molecule has 0 amide bonds. The summed E-state index contributed by atoms with van der Waals surface area (Å²) in [6.07, 6.45) is 10.3. The van der Waals surface area contributed by atoms with Crippen molar-refractivity contribution < 1.29 is 0 Å². The van der Waals surface area contributed by atoms with Crippen LogP contribution in [0.15, 0.2) is 34.4 Å². The van der Waals surface area contributed by atoms with Crippen molar-refractivity contribution in [1.29, 1.82) is 0 Å². The summed E-state index contributed by atoms with van der Waals surface area (Å²) in [5.74, 6) is 1.62. The lowest BCUT2D eigenvalue weighted by atomic mass is 9.92. The Hall–Kier alpha value is -0.780. The van der Waals surface area contributed by atoms with Crippen LogP contribution < -0.4 is 0 Å². The Morgan fingerprint density at radius 2 is 1.88 bits per heavy atom. The lowest BCUT2D eigenvalue weighted by Crippen LogP contribution is -1.99. The molecule has 0 spiro atoms. The molecular weight excluding hydrogens is 192 g/mol. The molecule has 0 saturated heterocycles. The molecule has 0 aromatic rings. The van der Waals surface area contributed by atoms with Gasteiger partial charge in [0.15, 0.2) is 0 Å². The smallest absolute Gasteiger partial charge is 0.00947 e. The van der Waals surface area contributed by atoms with Crippen LogP contribution in [-0.2, 0) is 0 Å². The number of rotatable bonds is 5. The van der Waals surface area contributed by atoms with Crippen LogP contribution in [0.1, 0.15) is 53.4 Å². The summed E-state index contributed by atoms with van der Waals surface area (Å²) >= 11 is 0. The van der Waals surface area contributed by atoms with E-state index in [1.165, 1.54) is 36.8 Å². The van der Waals surface area contributed by atoms with Gasteiger partial charge >= 0.3 is 0 Å². The SMILES string of the molecule is CC1=CC2=CC(C)=C1C2CCCCC(C)C. The minimum absolute atomic E-state index is 0.757. The highest BCUT2D eigenvalue weighted by molar-refractivity contribution is 5.61. The van der Waals surface area contributed by atoms with Gasteiger partial charge < -0.3 is 0 Å². The Labute approximate surface area is 100 Å². The van der Waals surface area contributed by atoms with Crippen molar-refractivity contribution in [2.45, 2.75) is 53.4 Å². The molecule has 2 aliphatic carbocycles. The van der Waals surface area contributed by atoms with Gasteiger partial charge in [0.25, 0.3) is 0 Å². The van der Waals surface area contributed by atoms with Gasteiger partial charge in [-0.25, -0.2) is 0 Å². The minimum Gasteiger partial charge on any atom is -0.0628 e. The van der Waals surface area contributed by atoms with Crippen molar-refractivity contribution in [1.82, 2.24) is 0 Å². The average molecular weight is 216 g/mol. The van der Waals surface area contributed by atoms with E-state index in [0.29, 0.717) is 0 Å². The van der Waals surface area contributed by atoms with Gasteiger partial charge in [-0.15, -0.1) is 0 Å². The van der Waals surface area contributed by atoms with Crippen molar-refractivity contribution in [2.24, 2.45) is 11.8 Å². The van der Waals surface area contributed by atoms with Gasteiger partial charge in [0, 0.05) is 5.92 Å². The zero-order valence-corrected chi connectivity index (χ0v) is 11.1. The summed E-state index contributed by atoms with van der Waals surface area (Å²) in [5, 5.41) is 0. The van der Waals surface area contributed by atoms with Crippen LogP contribution in [0.3, 0.4) is 0 Å². The van der Waals surface area contributed by atoms with Crippen LogP contribution in [0, 0.1) is 11.8 Å². The topological polar surface area (TPSA) is 0 Å². The molecule has 2 bridgehead atoms. The molecule has 0 aliphatic heterocycles. The number of allylic oxidation sites excluding steroid dienone is 6. The molecule has 2 rings (SSSR count). The Morgan fingerprint density at radius 1 is 1.12 bits per heavy atom. The van der Waals surface area contributed by atoms with Crippen LogP contribution in [0.2, 0.25) is 0 Å². The maximum Gasteiger partial charge on any atom is 0.00947 e.